The first-order valence-electron chi connectivity index (χ1n) is 4.89. The molecule has 1 aliphatic heterocycles. The van der Waals surface area contributed by atoms with Gasteiger partial charge in [0.25, 0.3) is 5.91 Å². The van der Waals surface area contributed by atoms with Gasteiger partial charge in [-0.2, -0.15) is 0 Å². The van der Waals surface area contributed by atoms with Crippen LogP contribution in [0.15, 0.2) is 27.1 Å². The Morgan fingerprint density at radius 1 is 1.19 bits per heavy atom. The van der Waals surface area contributed by atoms with Crippen LogP contribution in [0.5, 0.6) is 0 Å². The van der Waals surface area contributed by atoms with Crippen LogP contribution in [0.3, 0.4) is 0 Å². The molecule has 0 aliphatic carbocycles. The molecule has 1 saturated heterocycles. The average molecular weight is 347 g/mol. The van der Waals surface area contributed by atoms with Gasteiger partial charge in [0.15, 0.2) is 0 Å². The van der Waals surface area contributed by atoms with Crippen LogP contribution in [0, 0.1) is 0 Å². The molecule has 0 saturated carbocycles. The van der Waals surface area contributed by atoms with Gasteiger partial charge in [-0.1, -0.05) is 31.9 Å². The van der Waals surface area contributed by atoms with Crippen LogP contribution < -0.4 is 0 Å². The number of hydrogen-bond donors (Lipinski definition) is 0. The monoisotopic (exact) mass is 345 g/mol. The van der Waals surface area contributed by atoms with Gasteiger partial charge in [-0.25, -0.2) is 0 Å². The number of rotatable bonds is 1. The number of carbonyl (C=O) groups is 2. The lowest BCUT2D eigenvalue weighted by atomic mass is 10.2. The molecule has 1 aliphatic rings. The molecular weight excluding hydrogens is 338 g/mol. The summed E-state index contributed by atoms with van der Waals surface area (Å²) in [6, 6.07) is 5.29. The molecule has 0 aromatic heterocycles. The van der Waals surface area contributed by atoms with Crippen LogP contribution in [0.2, 0.25) is 0 Å². The van der Waals surface area contributed by atoms with Gasteiger partial charge in [-0.3, -0.25) is 14.5 Å². The van der Waals surface area contributed by atoms with Crippen molar-refractivity contribution < 1.29 is 9.59 Å². The Kier molecular flexibility index (Phi) is 3.44. The van der Waals surface area contributed by atoms with Crippen molar-refractivity contribution in [3.05, 3.63) is 32.7 Å². The highest BCUT2D eigenvalue weighted by Crippen LogP contribution is 2.22. The Bertz CT molecular complexity index is 439. The van der Waals surface area contributed by atoms with Crippen LogP contribution >= 0.6 is 31.9 Å². The molecule has 84 valence electrons. The quantitative estimate of drug-likeness (QED) is 0.733. The van der Waals surface area contributed by atoms with Gasteiger partial charge in [0.2, 0.25) is 5.91 Å². The van der Waals surface area contributed by atoms with Gasteiger partial charge in [0.1, 0.15) is 0 Å². The van der Waals surface area contributed by atoms with Crippen LogP contribution in [0.1, 0.15) is 23.2 Å². The summed E-state index contributed by atoms with van der Waals surface area (Å²) in [6.07, 6.45) is 1.24. The largest absolute Gasteiger partial charge is 0.279 e. The SMILES string of the molecule is O=C1CCCN1C(=O)c1cc(Br)cc(Br)c1. The zero-order chi connectivity index (χ0) is 11.7. The van der Waals surface area contributed by atoms with Crippen LogP contribution in [0.25, 0.3) is 0 Å². The number of benzene rings is 1. The second-order valence-corrected chi connectivity index (χ2v) is 5.44. The lowest BCUT2D eigenvalue weighted by Gasteiger charge is -2.13. The number of halogens is 2. The molecule has 1 aromatic rings. The predicted octanol–water partition coefficient (Wildman–Crippen LogP) is 2.97. The van der Waals surface area contributed by atoms with Crippen molar-refractivity contribution in [1.29, 1.82) is 0 Å². The molecule has 3 nitrogen and oxygen atoms in total. The van der Waals surface area contributed by atoms with E-state index in [2.05, 4.69) is 31.9 Å². The van der Waals surface area contributed by atoms with E-state index in [-0.39, 0.29) is 11.8 Å². The molecule has 2 rings (SSSR count). The highest BCUT2D eigenvalue weighted by Gasteiger charge is 2.27. The maximum absolute atomic E-state index is 12.0. The fourth-order valence-electron chi connectivity index (χ4n) is 1.70. The molecule has 16 heavy (non-hydrogen) atoms. The first kappa shape index (κ1) is 11.8. The molecule has 0 N–H and O–H groups in total. The summed E-state index contributed by atoms with van der Waals surface area (Å²) in [5.74, 6) is -0.300. The number of nitrogens with zero attached hydrogens (tertiary/aromatic N) is 1. The fourth-order valence-corrected chi connectivity index (χ4v) is 2.99. The van der Waals surface area contributed by atoms with Crippen molar-refractivity contribution in [2.45, 2.75) is 12.8 Å². The maximum atomic E-state index is 12.0. The third kappa shape index (κ3) is 2.35. The highest BCUT2D eigenvalue weighted by molar-refractivity contribution is 9.11. The smallest absolute Gasteiger partial charge is 0.260 e. The van der Waals surface area contributed by atoms with Gasteiger partial charge in [0, 0.05) is 27.5 Å². The van der Waals surface area contributed by atoms with Gasteiger partial charge in [-0.15, -0.1) is 0 Å². The minimum atomic E-state index is -0.218. The van der Waals surface area contributed by atoms with Crippen molar-refractivity contribution in [1.82, 2.24) is 4.90 Å². The summed E-state index contributed by atoms with van der Waals surface area (Å²) in [5, 5.41) is 0. The van der Waals surface area contributed by atoms with Crippen LogP contribution in [-0.2, 0) is 4.79 Å². The average Bonchev–Trinajstić information content (AvgIpc) is 2.62. The summed E-state index contributed by atoms with van der Waals surface area (Å²) < 4.78 is 1.63. The second kappa shape index (κ2) is 4.67. The van der Waals surface area contributed by atoms with E-state index >= 15 is 0 Å². The summed E-state index contributed by atoms with van der Waals surface area (Å²) in [7, 11) is 0. The fraction of sp³-hybridized carbons (Fsp3) is 0.273. The van der Waals surface area contributed by atoms with E-state index in [0.717, 1.165) is 15.4 Å². The van der Waals surface area contributed by atoms with E-state index in [1.165, 1.54) is 4.90 Å². The van der Waals surface area contributed by atoms with Gasteiger partial charge >= 0.3 is 0 Å². The Labute approximate surface area is 110 Å². The van der Waals surface area contributed by atoms with E-state index in [1.54, 1.807) is 12.1 Å². The molecule has 0 atom stereocenters. The third-order valence-electron chi connectivity index (χ3n) is 2.43. The molecule has 0 spiro atoms. The summed E-state index contributed by atoms with van der Waals surface area (Å²) >= 11 is 6.64. The summed E-state index contributed by atoms with van der Waals surface area (Å²) in [4.78, 5) is 24.8. The number of carbonyl (C=O) groups excluding carboxylic acids is 2. The molecule has 0 radical (unpaired) electrons. The van der Waals surface area contributed by atoms with E-state index in [0.29, 0.717) is 18.5 Å². The number of likely N-dealkylation sites (tertiary alicyclic amines) is 1. The highest BCUT2D eigenvalue weighted by atomic mass is 79.9. The first-order chi connectivity index (χ1) is 7.58. The number of amides is 2. The van der Waals surface area contributed by atoms with Crippen molar-refractivity contribution >= 4 is 43.7 Å². The number of imide groups is 1. The van der Waals surface area contributed by atoms with Gasteiger partial charge < -0.3 is 0 Å². The molecule has 1 heterocycles. The molecule has 5 heteroatoms. The Hall–Kier alpha value is -0.680. The van der Waals surface area contributed by atoms with Crippen LogP contribution in [-0.4, -0.2) is 23.3 Å². The van der Waals surface area contributed by atoms with Gasteiger partial charge in [0.05, 0.1) is 0 Å². The normalized spacial score (nSPS) is 15.6. The predicted molar refractivity (Wildman–Crippen MR) is 67.1 cm³/mol. The van der Waals surface area contributed by atoms with E-state index < -0.39 is 0 Å². The Morgan fingerprint density at radius 3 is 2.31 bits per heavy atom. The molecule has 2 amide bonds. The lowest BCUT2D eigenvalue weighted by Crippen LogP contribution is -2.31. The molecule has 0 unspecified atom stereocenters. The van der Waals surface area contributed by atoms with Gasteiger partial charge in [-0.05, 0) is 24.6 Å². The Balaban J connectivity index is 2.30. The maximum Gasteiger partial charge on any atom is 0.260 e. The number of hydrogen-bond acceptors (Lipinski definition) is 2. The summed E-state index contributed by atoms with van der Waals surface area (Å²) in [5.41, 5.74) is 0.525. The zero-order valence-corrected chi connectivity index (χ0v) is 11.5. The van der Waals surface area contributed by atoms with Crippen LogP contribution in [0.4, 0.5) is 0 Å². The van der Waals surface area contributed by atoms with Crippen molar-refractivity contribution in [2.24, 2.45) is 0 Å². The lowest BCUT2D eigenvalue weighted by molar-refractivity contribution is -0.125. The van der Waals surface area contributed by atoms with E-state index in [9.17, 15) is 9.59 Å². The molecule has 1 fully saturated rings. The van der Waals surface area contributed by atoms with Crippen molar-refractivity contribution in [3.63, 3.8) is 0 Å². The zero-order valence-electron chi connectivity index (χ0n) is 8.37. The molecule has 1 aromatic carbocycles. The third-order valence-corrected chi connectivity index (χ3v) is 3.34. The second-order valence-electron chi connectivity index (χ2n) is 3.61. The molecule has 0 bridgehead atoms. The standard InChI is InChI=1S/C11H9Br2NO2/c12-8-4-7(5-9(13)6-8)11(16)14-3-1-2-10(14)15/h4-6H,1-3H2. The van der Waals surface area contributed by atoms with E-state index in [1.807, 2.05) is 6.07 Å². The summed E-state index contributed by atoms with van der Waals surface area (Å²) in [6.45, 7) is 0.530. The van der Waals surface area contributed by atoms with E-state index in [4.69, 9.17) is 0 Å². The van der Waals surface area contributed by atoms with Crippen molar-refractivity contribution in [2.75, 3.05) is 6.54 Å². The topological polar surface area (TPSA) is 37.4 Å². The van der Waals surface area contributed by atoms with Crippen molar-refractivity contribution in [3.8, 4) is 0 Å². The first-order valence-corrected chi connectivity index (χ1v) is 6.47. The minimum Gasteiger partial charge on any atom is -0.279 e. The Morgan fingerprint density at radius 2 is 1.81 bits per heavy atom. The minimum absolute atomic E-state index is 0.0823. The molecular formula is C11H9Br2NO2.